The van der Waals surface area contributed by atoms with Crippen LogP contribution in [0.25, 0.3) is 11.1 Å². The third kappa shape index (κ3) is 2.25. The predicted octanol–water partition coefficient (Wildman–Crippen LogP) is 4.30. The Kier molecular flexibility index (Phi) is 3.58. The molecule has 0 aliphatic heterocycles. The second kappa shape index (κ2) is 5.14. The minimum absolute atomic E-state index is 0.723. The summed E-state index contributed by atoms with van der Waals surface area (Å²) in [5.41, 5.74) is 5.13. The van der Waals surface area contributed by atoms with Crippen LogP contribution in [0.5, 0.6) is 0 Å². The first kappa shape index (κ1) is 11.2. The molecule has 0 spiro atoms. The number of hydrogen-bond donors (Lipinski definition) is 1. The van der Waals surface area contributed by atoms with Crippen molar-refractivity contribution in [3.8, 4) is 11.1 Å². The van der Waals surface area contributed by atoms with Gasteiger partial charge >= 0.3 is 0 Å². The summed E-state index contributed by atoms with van der Waals surface area (Å²) in [7, 11) is 0.723. The molecule has 1 nitrogen and oxygen atoms in total. The minimum Gasteiger partial charge on any atom is -0.367 e. The molecule has 0 bridgehead atoms. The molecule has 0 radical (unpaired) electrons. The van der Waals surface area contributed by atoms with Gasteiger partial charge in [0.25, 0.3) is 0 Å². The molecule has 2 rings (SSSR count). The zero-order valence-corrected chi connectivity index (χ0v) is 10.6. The van der Waals surface area contributed by atoms with Gasteiger partial charge in [-0.2, -0.15) is 0 Å². The number of anilines is 1. The van der Waals surface area contributed by atoms with E-state index in [0.29, 0.717) is 0 Å². The van der Waals surface area contributed by atoms with Crippen LogP contribution in [0.4, 0.5) is 5.69 Å². The van der Waals surface area contributed by atoms with Crippen LogP contribution >= 0.6 is 8.73 Å². The van der Waals surface area contributed by atoms with Crippen LogP contribution in [0.2, 0.25) is 0 Å². The largest absolute Gasteiger partial charge is 0.367 e. The molecule has 0 aliphatic carbocycles. The fourth-order valence-corrected chi connectivity index (χ4v) is 2.32. The standard InChI is InChI=1S/C14H16NP/c1-11-7-3-4-8-12(11)13-9-5-6-10-14(13)15-16-2/h3-10,15-16H,1-2H3. The van der Waals surface area contributed by atoms with E-state index in [0.717, 1.165) is 8.73 Å². The van der Waals surface area contributed by atoms with E-state index in [1.807, 2.05) is 0 Å². The lowest BCUT2D eigenvalue weighted by atomic mass is 9.99. The fourth-order valence-electron chi connectivity index (χ4n) is 1.84. The summed E-state index contributed by atoms with van der Waals surface area (Å²) >= 11 is 0. The van der Waals surface area contributed by atoms with Crippen LogP contribution in [0, 0.1) is 6.92 Å². The molecule has 1 N–H and O–H groups in total. The fraction of sp³-hybridized carbons (Fsp3) is 0.143. The van der Waals surface area contributed by atoms with Gasteiger partial charge in [0.15, 0.2) is 0 Å². The molecule has 0 aromatic heterocycles. The van der Waals surface area contributed by atoms with Gasteiger partial charge in [-0.15, -0.1) is 0 Å². The summed E-state index contributed by atoms with van der Waals surface area (Å²) in [5, 5.41) is 3.43. The van der Waals surface area contributed by atoms with Gasteiger partial charge < -0.3 is 5.09 Å². The smallest absolute Gasteiger partial charge is 0.0450 e. The van der Waals surface area contributed by atoms with Crippen LogP contribution in [0.1, 0.15) is 5.56 Å². The number of hydrogen-bond acceptors (Lipinski definition) is 1. The summed E-state index contributed by atoms with van der Waals surface area (Å²) in [6.45, 7) is 4.30. The third-order valence-electron chi connectivity index (χ3n) is 2.62. The Morgan fingerprint density at radius 3 is 2.19 bits per heavy atom. The molecule has 0 aliphatic rings. The lowest BCUT2D eigenvalue weighted by Gasteiger charge is -2.12. The summed E-state index contributed by atoms with van der Waals surface area (Å²) in [5.74, 6) is 0. The van der Waals surface area contributed by atoms with Crippen LogP contribution in [0.15, 0.2) is 48.5 Å². The maximum absolute atomic E-state index is 3.43. The van der Waals surface area contributed by atoms with Crippen molar-refractivity contribution in [3.05, 3.63) is 54.1 Å². The number of benzene rings is 2. The monoisotopic (exact) mass is 229 g/mol. The Labute approximate surface area is 98.7 Å². The van der Waals surface area contributed by atoms with Crippen molar-refractivity contribution in [2.24, 2.45) is 0 Å². The van der Waals surface area contributed by atoms with Crippen molar-refractivity contribution in [1.29, 1.82) is 0 Å². The van der Waals surface area contributed by atoms with Crippen molar-refractivity contribution < 1.29 is 0 Å². The molecular weight excluding hydrogens is 213 g/mol. The molecule has 82 valence electrons. The minimum atomic E-state index is 0.723. The molecule has 0 amide bonds. The van der Waals surface area contributed by atoms with Gasteiger partial charge in [0.2, 0.25) is 0 Å². The van der Waals surface area contributed by atoms with E-state index in [9.17, 15) is 0 Å². The van der Waals surface area contributed by atoms with Crippen LogP contribution in [-0.2, 0) is 0 Å². The highest BCUT2D eigenvalue weighted by Gasteiger charge is 2.05. The van der Waals surface area contributed by atoms with Crippen molar-refractivity contribution >= 4 is 14.4 Å². The lowest BCUT2D eigenvalue weighted by molar-refractivity contribution is 1.46. The van der Waals surface area contributed by atoms with Crippen molar-refractivity contribution in [2.75, 3.05) is 11.8 Å². The highest BCUT2D eigenvalue weighted by atomic mass is 31.1. The molecule has 0 heterocycles. The Morgan fingerprint density at radius 2 is 1.50 bits per heavy atom. The molecular formula is C14H16NP. The van der Waals surface area contributed by atoms with E-state index < -0.39 is 0 Å². The predicted molar refractivity (Wildman–Crippen MR) is 74.5 cm³/mol. The third-order valence-corrected chi connectivity index (χ3v) is 3.14. The van der Waals surface area contributed by atoms with E-state index >= 15 is 0 Å². The van der Waals surface area contributed by atoms with Gasteiger partial charge in [-0.25, -0.2) is 0 Å². The van der Waals surface area contributed by atoms with E-state index in [2.05, 4.69) is 67.2 Å². The van der Waals surface area contributed by atoms with Crippen LogP contribution in [-0.4, -0.2) is 6.66 Å². The number of rotatable bonds is 3. The summed E-state index contributed by atoms with van der Waals surface area (Å²) in [4.78, 5) is 0. The highest BCUT2D eigenvalue weighted by Crippen LogP contribution is 2.31. The van der Waals surface area contributed by atoms with E-state index in [1.165, 1.54) is 22.4 Å². The Bertz CT molecular complexity index is 480. The van der Waals surface area contributed by atoms with E-state index in [-0.39, 0.29) is 0 Å². The molecule has 0 saturated heterocycles. The zero-order chi connectivity index (χ0) is 11.4. The van der Waals surface area contributed by atoms with Gasteiger partial charge in [-0.3, -0.25) is 0 Å². The maximum Gasteiger partial charge on any atom is 0.0450 e. The first-order valence-electron chi connectivity index (χ1n) is 5.40. The van der Waals surface area contributed by atoms with E-state index in [4.69, 9.17) is 0 Å². The Balaban J connectivity index is 2.51. The number of nitrogens with one attached hydrogen (secondary N) is 1. The lowest BCUT2D eigenvalue weighted by Crippen LogP contribution is -1.89. The SMILES string of the molecule is CPNc1ccccc1-c1ccccc1C. The molecule has 2 heteroatoms. The Morgan fingerprint density at radius 1 is 0.875 bits per heavy atom. The van der Waals surface area contributed by atoms with Crippen molar-refractivity contribution in [1.82, 2.24) is 0 Å². The molecule has 0 saturated carbocycles. The van der Waals surface area contributed by atoms with Gasteiger partial charge in [0, 0.05) is 11.3 Å². The molecule has 2 aromatic rings. The normalized spacial score (nSPS) is 10.9. The molecule has 16 heavy (non-hydrogen) atoms. The van der Waals surface area contributed by atoms with Crippen LogP contribution < -0.4 is 5.09 Å². The zero-order valence-electron chi connectivity index (χ0n) is 9.62. The maximum atomic E-state index is 3.43. The Hall–Kier alpha value is -1.33. The first-order valence-corrected chi connectivity index (χ1v) is 6.90. The van der Waals surface area contributed by atoms with Crippen LogP contribution in [0.3, 0.4) is 0 Å². The van der Waals surface area contributed by atoms with Crippen molar-refractivity contribution in [2.45, 2.75) is 6.92 Å². The summed E-state index contributed by atoms with van der Waals surface area (Å²) < 4.78 is 0. The quantitative estimate of drug-likeness (QED) is 0.774. The second-order valence-electron chi connectivity index (χ2n) is 3.74. The molecule has 1 unspecified atom stereocenters. The second-order valence-corrected chi connectivity index (χ2v) is 4.49. The first-order chi connectivity index (χ1) is 7.83. The summed E-state index contributed by atoms with van der Waals surface area (Å²) in [6, 6.07) is 17.0. The molecule has 1 atom stereocenters. The average Bonchev–Trinajstić information content (AvgIpc) is 2.31. The average molecular weight is 229 g/mol. The number of aryl methyl sites for hydroxylation is 1. The van der Waals surface area contributed by atoms with Gasteiger partial charge in [0.1, 0.15) is 0 Å². The molecule has 0 fully saturated rings. The van der Waals surface area contributed by atoms with Gasteiger partial charge in [-0.1, -0.05) is 42.5 Å². The highest BCUT2D eigenvalue weighted by molar-refractivity contribution is 7.38. The topological polar surface area (TPSA) is 12.0 Å². The molecule has 2 aromatic carbocycles. The summed E-state index contributed by atoms with van der Waals surface area (Å²) in [6.07, 6.45) is 0. The van der Waals surface area contributed by atoms with E-state index in [1.54, 1.807) is 0 Å². The van der Waals surface area contributed by atoms with Gasteiger partial charge in [-0.05, 0) is 39.5 Å². The van der Waals surface area contributed by atoms with Crippen molar-refractivity contribution in [3.63, 3.8) is 0 Å². The van der Waals surface area contributed by atoms with Gasteiger partial charge in [0.05, 0.1) is 0 Å². The number of para-hydroxylation sites is 1.